The molecule has 0 aliphatic heterocycles. The Bertz CT molecular complexity index is 3320. The van der Waals surface area contributed by atoms with Crippen LogP contribution in [-0.4, -0.2) is 0 Å². The fourth-order valence-corrected chi connectivity index (χ4v) is 12.3. The first-order valence-electron chi connectivity index (χ1n) is 23.6. The average Bonchev–Trinajstić information content (AvgIpc) is 3.90. The molecule has 1 spiro atoms. The largest absolute Gasteiger partial charge is 0.308 e. The maximum atomic E-state index is 2.66. The second-order valence-corrected chi connectivity index (χ2v) is 24.1. The highest BCUT2D eigenvalue weighted by Crippen LogP contribution is 2.66. The molecule has 1 nitrogen and oxygen atoms in total. The summed E-state index contributed by atoms with van der Waals surface area (Å²) in [6, 6.07) is 59.3. The predicted octanol–water partition coefficient (Wildman–Crippen LogP) is 18.2. The van der Waals surface area contributed by atoms with E-state index < -0.39 is 5.41 Å². The highest BCUT2D eigenvalue weighted by molar-refractivity contribution is 7.26. The zero-order chi connectivity index (χ0) is 45.6. The van der Waals surface area contributed by atoms with Crippen molar-refractivity contribution in [3.05, 3.63) is 196 Å². The molecule has 0 saturated carbocycles. The second kappa shape index (κ2) is 14.0. The molecule has 0 atom stereocenters. The summed E-state index contributed by atoms with van der Waals surface area (Å²) >= 11 is 1.93. The summed E-state index contributed by atoms with van der Waals surface area (Å²) in [6.45, 7) is 28.2. The Labute approximate surface area is 390 Å². The van der Waals surface area contributed by atoms with Crippen LogP contribution in [-0.2, 0) is 27.1 Å². The van der Waals surface area contributed by atoms with E-state index in [1.807, 2.05) is 11.3 Å². The molecule has 0 radical (unpaired) electrons. The van der Waals surface area contributed by atoms with E-state index in [9.17, 15) is 0 Å². The van der Waals surface area contributed by atoms with Gasteiger partial charge in [-0.05, 0) is 124 Å². The zero-order valence-corrected chi connectivity index (χ0v) is 41.1. The number of fused-ring (bicyclic) bond motifs is 15. The van der Waals surface area contributed by atoms with Crippen molar-refractivity contribution in [3.63, 3.8) is 0 Å². The van der Waals surface area contributed by atoms with Crippen molar-refractivity contribution >= 4 is 59.3 Å². The third-order valence-corrected chi connectivity index (χ3v) is 15.8. The van der Waals surface area contributed by atoms with E-state index in [2.05, 4.69) is 240 Å². The van der Waals surface area contributed by atoms with Crippen LogP contribution < -0.4 is 4.90 Å². The van der Waals surface area contributed by atoms with Crippen molar-refractivity contribution in [2.45, 2.75) is 110 Å². The molecular weight excluding hydrogens is 803 g/mol. The van der Waals surface area contributed by atoms with Gasteiger partial charge in [0.25, 0.3) is 0 Å². The molecule has 65 heavy (non-hydrogen) atoms. The van der Waals surface area contributed by atoms with Crippen molar-refractivity contribution in [1.29, 1.82) is 0 Å². The van der Waals surface area contributed by atoms with E-state index in [1.54, 1.807) is 0 Å². The minimum absolute atomic E-state index is 0.0182. The smallest absolute Gasteiger partial charge is 0.0726 e. The average molecular weight is 864 g/mol. The summed E-state index contributed by atoms with van der Waals surface area (Å²) in [7, 11) is 0. The minimum Gasteiger partial charge on any atom is -0.308 e. The van der Waals surface area contributed by atoms with Crippen LogP contribution >= 0.6 is 11.3 Å². The Kier molecular flexibility index (Phi) is 9.00. The molecule has 324 valence electrons. The van der Waals surface area contributed by atoms with Crippen LogP contribution in [0.5, 0.6) is 0 Å². The van der Waals surface area contributed by atoms with Gasteiger partial charge in [-0.2, -0.15) is 0 Å². The lowest BCUT2D eigenvalue weighted by Gasteiger charge is -2.34. The fourth-order valence-electron chi connectivity index (χ4n) is 11.1. The Hall–Kier alpha value is -5.96. The molecule has 0 amide bonds. The molecular formula is C63H61NS. The number of hydrogen-bond donors (Lipinski definition) is 0. The first-order valence-corrected chi connectivity index (χ1v) is 24.4. The lowest BCUT2D eigenvalue weighted by atomic mass is 9.69. The van der Waals surface area contributed by atoms with Crippen molar-refractivity contribution in [2.75, 3.05) is 4.90 Å². The van der Waals surface area contributed by atoms with E-state index in [-0.39, 0.29) is 21.7 Å². The molecule has 0 N–H and O–H groups in total. The Morgan fingerprint density at radius 2 is 0.938 bits per heavy atom. The summed E-state index contributed by atoms with van der Waals surface area (Å²) in [6.07, 6.45) is 0. The number of rotatable bonds is 3. The lowest BCUT2D eigenvalue weighted by Crippen LogP contribution is -2.27. The van der Waals surface area contributed by atoms with Gasteiger partial charge in [-0.3, -0.25) is 0 Å². The molecule has 2 heteroatoms. The summed E-state index contributed by atoms with van der Waals surface area (Å²) in [5.74, 6) is 0. The van der Waals surface area contributed by atoms with Crippen molar-refractivity contribution < 1.29 is 0 Å². The fraction of sp³-hybridized carbons (Fsp3) is 0.270. The van der Waals surface area contributed by atoms with E-state index in [1.165, 1.54) is 115 Å². The van der Waals surface area contributed by atoms with Gasteiger partial charge in [-0.25, -0.2) is 0 Å². The van der Waals surface area contributed by atoms with Crippen LogP contribution in [0.2, 0.25) is 0 Å². The van der Waals surface area contributed by atoms with Crippen molar-refractivity contribution in [1.82, 2.24) is 0 Å². The zero-order valence-electron chi connectivity index (χ0n) is 40.3. The number of benzene rings is 8. The molecule has 9 aromatic rings. The summed E-state index contributed by atoms with van der Waals surface area (Å²) in [5, 5.41) is 5.20. The van der Waals surface area contributed by atoms with E-state index in [4.69, 9.17) is 0 Å². The SMILES string of the molecule is CC(C)(C)c1cc(N(c2cccc3c2-c2ccccc2C32c3cc(C(C)(C)C)ccc3-c3ccc(C(C)(C)C)cc32)c2cc3ccccc3c3c2sc2ccccc23)cc(C(C)(C)C)c1. The van der Waals surface area contributed by atoms with Gasteiger partial charge < -0.3 is 4.90 Å². The second-order valence-electron chi connectivity index (χ2n) is 23.0. The summed E-state index contributed by atoms with van der Waals surface area (Å²) < 4.78 is 2.62. The Morgan fingerprint density at radius 3 is 1.55 bits per heavy atom. The Balaban J connectivity index is 1.31. The maximum absolute atomic E-state index is 2.66. The van der Waals surface area contributed by atoms with Crippen LogP contribution in [0.4, 0.5) is 17.1 Å². The minimum atomic E-state index is -0.513. The molecule has 11 rings (SSSR count). The highest BCUT2D eigenvalue weighted by atomic mass is 32.1. The van der Waals surface area contributed by atoms with Gasteiger partial charge in [0.1, 0.15) is 0 Å². The normalized spacial score (nSPS) is 14.3. The summed E-state index contributed by atoms with van der Waals surface area (Å²) in [4.78, 5) is 2.66. The van der Waals surface area contributed by atoms with Crippen LogP contribution in [0.25, 0.3) is 53.2 Å². The van der Waals surface area contributed by atoms with E-state index in [0.717, 1.165) is 0 Å². The molecule has 2 aliphatic carbocycles. The molecule has 0 bridgehead atoms. The quantitative estimate of drug-likeness (QED) is 0.171. The standard InChI is InChI=1S/C63H61NS/c1-59(2,3)39-28-30-45-46-31-29-40(60(4,5)6)37-52(46)63(51(45)36-39)49-24-17-15-22-47(49)57-50(63)25-19-26-53(57)64(43-34-41(61(7,8)9)33-42(35-43)62(10,11)12)54-32-38-20-13-14-21-44(38)56-48-23-16-18-27-55(48)65-58(54)56/h13-37H,1-12H3. The van der Waals surface area contributed by atoms with E-state index in [0.29, 0.717) is 0 Å². The van der Waals surface area contributed by atoms with Crippen LogP contribution in [0.15, 0.2) is 152 Å². The van der Waals surface area contributed by atoms with Crippen LogP contribution in [0, 0.1) is 0 Å². The Morgan fingerprint density at radius 1 is 0.400 bits per heavy atom. The lowest BCUT2D eigenvalue weighted by molar-refractivity contribution is 0.569. The van der Waals surface area contributed by atoms with Crippen molar-refractivity contribution in [3.8, 4) is 22.3 Å². The molecule has 0 saturated heterocycles. The number of thiophene rings is 1. The van der Waals surface area contributed by atoms with Crippen LogP contribution in [0.3, 0.4) is 0 Å². The van der Waals surface area contributed by atoms with Gasteiger partial charge in [-0.1, -0.05) is 204 Å². The van der Waals surface area contributed by atoms with Gasteiger partial charge in [-0.15, -0.1) is 11.3 Å². The first-order chi connectivity index (χ1) is 30.8. The van der Waals surface area contributed by atoms with Gasteiger partial charge in [0.2, 0.25) is 0 Å². The van der Waals surface area contributed by atoms with Gasteiger partial charge >= 0.3 is 0 Å². The molecule has 2 aliphatic rings. The number of nitrogens with zero attached hydrogens (tertiary/aromatic N) is 1. The van der Waals surface area contributed by atoms with Gasteiger partial charge in [0.05, 0.1) is 21.5 Å². The monoisotopic (exact) mass is 863 g/mol. The topological polar surface area (TPSA) is 3.24 Å². The molecule has 1 aromatic heterocycles. The highest BCUT2D eigenvalue weighted by Gasteiger charge is 2.53. The predicted molar refractivity (Wildman–Crippen MR) is 283 cm³/mol. The summed E-state index contributed by atoms with van der Waals surface area (Å²) in [5.41, 5.74) is 19.1. The third kappa shape index (κ3) is 6.23. The molecule has 0 fully saturated rings. The van der Waals surface area contributed by atoms with Gasteiger partial charge in [0, 0.05) is 26.7 Å². The number of anilines is 3. The molecule has 1 heterocycles. The van der Waals surface area contributed by atoms with Crippen molar-refractivity contribution in [2.24, 2.45) is 0 Å². The molecule has 0 unspecified atom stereocenters. The maximum Gasteiger partial charge on any atom is 0.0726 e. The number of hydrogen-bond acceptors (Lipinski definition) is 2. The molecule has 8 aromatic carbocycles. The van der Waals surface area contributed by atoms with E-state index >= 15 is 0 Å². The third-order valence-electron chi connectivity index (χ3n) is 14.7. The first kappa shape index (κ1) is 41.7. The van der Waals surface area contributed by atoms with Gasteiger partial charge in [0.15, 0.2) is 0 Å². The van der Waals surface area contributed by atoms with Crippen LogP contribution in [0.1, 0.15) is 128 Å².